The Bertz CT molecular complexity index is 1840. The number of aromatic nitrogens is 3. The van der Waals surface area contributed by atoms with Crippen molar-refractivity contribution in [2.24, 2.45) is 0 Å². The zero-order valence-corrected chi connectivity index (χ0v) is 35.3. The third kappa shape index (κ3) is 10.1. The first-order chi connectivity index (χ1) is 25.8. The molecule has 3 N–H and O–H groups in total. The number of likely N-dealkylation sites (N-methyl/N-ethyl adjacent to an activating group) is 1. The van der Waals surface area contributed by atoms with Crippen LogP contribution >= 0.6 is 8.38 Å². The van der Waals surface area contributed by atoms with E-state index in [1.807, 2.05) is 41.1 Å². The predicted octanol–water partition coefficient (Wildman–Crippen LogP) is 8.06. The molecule has 1 saturated carbocycles. The molecule has 54 heavy (non-hydrogen) atoms. The largest absolute Gasteiger partial charge is 0.489 e. The second-order valence-electron chi connectivity index (χ2n) is 16.2. The second-order valence-corrected chi connectivity index (χ2v) is 23.6. The SMILES string of the molecule is COP(OC)c1ccccc1Nc1nc(Nc2ccc(N3CCC(N(C)CC4(O)CCC4)CC3)c(OC(C)C)c2)nc2c1ccn2COCC[Si](C)(C)C. The van der Waals surface area contributed by atoms with Crippen molar-refractivity contribution in [2.45, 2.75) is 96.1 Å². The molecule has 2 fully saturated rings. The minimum Gasteiger partial charge on any atom is -0.489 e. The van der Waals surface area contributed by atoms with Gasteiger partial charge in [0, 0.05) is 72.5 Å². The highest BCUT2D eigenvalue weighted by molar-refractivity contribution is 7.56. The number of anilines is 5. The zero-order chi connectivity index (χ0) is 38.5. The summed E-state index contributed by atoms with van der Waals surface area (Å²) < 4.78 is 26.0. The van der Waals surface area contributed by atoms with E-state index in [0.29, 0.717) is 31.1 Å². The van der Waals surface area contributed by atoms with E-state index in [-0.39, 0.29) is 6.10 Å². The summed E-state index contributed by atoms with van der Waals surface area (Å²) in [6, 6.07) is 17.8. The van der Waals surface area contributed by atoms with Crippen molar-refractivity contribution in [1.29, 1.82) is 0 Å². The van der Waals surface area contributed by atoms with Crippen molar-refractivity contribution in [3.63, 3.8) is 0 Å². The number of ether oxygens (including phenoxy) is 2. The standard InChI is InChI=1S/C40H60N7O5PSi/c1-29(2)52-35-26-30(14-15-34(35)46-21-16-31(17-22-46)45(3)27-40(48)19-11-20-40)41-39-43-37(42-33-12-9-10-13-36(33)53(49-4)50-5)32-18-23-47(38(32)44-39)28-51-24-25-54(6,7)8/h9-10,12-15,18,23,26,29,31,48H,11,16-17,19-22,24-25,27-28H2,1-8H3,(H2,41,42,43,44). The van der Waals surface area contributed by atoms with Crippen LogP contribution in [0.3, 0.4) is 0 Å². The molecule has 0 spiro atoms. The van der Waals surface area contributed by atoms with E-state index in [2.05, 4.69) is 79.2 Å². The van der Waals surface area contributed by atoms with Crippen molar-refractivity contribution in [1.82, 2.24) is 19.4 Å². The fraction of sp³-hybridized carbons (Fsp3) is 0.550. The van der Waals surface area contributed by atoms with Gasteiger partial charge in [0.15, 0.2) is 0 Å². The molecular formula is C40H60N7O5PSi. The Balaban J connectivity index is 1.26. The van der Waals surface area contributed by atoms with E-state index < -0.39 is 22.1 Å². The molecule has 0 amide bonds. The summed E-state index contributed by atoms with van der Waals surface area (Å²) >= 11 is 0. The number of piperidine rings is 1. The van der Waals surface area contributed by atoms with Crippen LogP contribution in [0.4, 0.5) is 28.8 Å². The van der Waals surface area contributed by atoms with Gasteiger partial charge in [-0.15, -0.1) is 0 Å². The molecule has 3 heterocycles. The zero-order valence-electron chi connectivity index (χ0n) is 33.4. The minimum absolute atomic E-state index is 0.00303. The fourth-order valence-corrected chi connectivity index (χ4v) is 9.05. The van der Waals surface area contributed by atoms with E-state index >= 15 is 0 Å². The number of hydrogen-bond acceptors (Lipinski definition) is 11. The molecule has 0 radical (unpaired) electrons. The molecule has 0 bridgehead atoms. The topological polar surface area (TPSA) is 118 Å². The Morgan fingerprint density at radius 3 is 2.43 bits per heavy atom. The number of hydrogen-bond donors (Lipinski definition) is 3. The molecule has 1 aliphatic heterocycles. The van der Waals surface area contributed by atoms with Crippen LogP contribution in [0.2, 0.25) is 25.7 Å². The Hall–Kier alpha value is -3.29. The van der Waals surface area contributed by atoms with Crippen LogP contribution in [0.1, 0.15) is 46.0 Å². The van der Waals surface area contributed by atoms with Crippen molar-refractivity contribution in [3.05, 3.63) is 54.7 Å². The van der Waals surface area contributed by atoms with Crippen LogP contribution in [-0.4, -0.2) is 97.9 Å². The Labute approximate surface area is 323 Å². The maximum Gasteiger partial charge on any atom is 0.231 e. The minimum atomic E-state index is -1.28. The number of para-hydroxylation sites is 1. The highest BCUT2D eigenvalue weighted by Crippen LogP contribution is 2.40. The third-order valence-electron chi connectivity index (χ3n) is 10.4. The van der Waals surface area contributed by atoms with Crippen LogP contribution in [0.5, 0.6) is 5.75 Å². The number of nitrogens with one attached hydrogen (secondary N) is 2. The average Bonchev–Trinajstić information content (AvgIpc) is 3.53. The molecule has 2 aliphatic rings. The lowest BCUT2D eigenvalue weighted by atomic mass is 9.79. The summed E-state index contributed by atoms with van der Waals surface area (Å²) in [5, 5.41) is 19.6. The molecule has 1 aliphatic carbocycles. The Kier molecular flexibility index (Phi) is 13.2. The fourth-order valence-electron chi connectivity index (χ4n) is 7.21. The lowest BCUT2D eigenvalue weighted by molar-refractivity contribution is -0.0625. The van der Waals surface area contributed by atoms with Crippen LogP contribution in [0.25, 0.3) is 11.0 Å². The molecular weight excluding hydrogens is 718 g/mol. The third-order valence-corrected chi connectivity index (χ3v) is 13.5. The monoisotopic (exact) mass is 777 g/mol. The normalized spacial score (nSPS) is 16.4. The lowest BCUT2D eigenvalue weighted by Gasteiger charge is -2.44. The van der Waals surface area contributed by atoms with Crippen molar-refractivity contribution in [2.75, 3.05) is 63.0 Å². The quantitative estimate of drug-likeness (QED) is 0.0518. The molecule has 12 nitrogen and oxygen atoms in total. The van der Waals surface area contributed by atoms with E-state index in [9.17, 15) is 5.11 Å². The molecule has 2 aromatic carbocycles. The molecule has 1 saturated heterocycles. The number of rotatable bonds is 18. The second kappa shape index (κ2) is 17.7. The summed E-state index contributed by atoms with van der Waals surface area (Å²) in [5.74, 6) is 1.93. The molecule has 0 atom stereocenters. The maximum atomic E-state index is 10.7. The number of aliphatic hydroxyl groups is 1. The van der Waals surface area contributed by atoms with E-state index in [4.69, 9.17) is 28.5 Å². The van der Waals surface area contributed by atoms with Gasteiger partial charge in [0.2, 0.25) is 14.3 Å². The summed E-state index contributed by atoms with van der Waals surface area (Å²) in [5.41, 5.74) is 3.03. The number of fused-ring (bicyclic) bond motifs is 1. The maximum absolute atomic E-state index is 10.7. The predicted molar refractivity (Wildman–Crippen MR) is 224 cm³/mol. The molecule has 4 aromatic rings. The number of nitrogens with zero attached hydrogens (tertiary/aromatic N) is 5. The average molecular weight is 778 g/mol. The first-order valence-electron chi connectivity index (χ1n) is 19.3. The van der Waals surface area contributed by atoms with E-state index in [1.165, 1.54) is 0 Å². The van der Waals surface area contributed by atoms with Gasteiger partial charge in [0.05, 0.1) is 33.8 Å². The first kappa shape index (κ1) is 40.4. The van der Waals surface area contributed by atoms with Gasteiger partial charge in [-0.3, -0.25) is 0 Å². The van der Waals surface area contributed by atoms with E-state index in [1.54, 1.807) is 14.2 Å². The van der Waals surface area contributed by atoms with Gasteiger partial charge in [0.1, 0.15) is 23.9 Å². The smallest absolute Gasteiger partial charge is 0.231 e. The van der Waals surface area contributed by atoms with Gasteiger partial charge in [-0.25, -0.2) is 0 Å². The molecule has 2 aromatic heterocycles. The van der Waals surface area contributed by atoms with Gasteiger partial charge < -0.3 is 48.6 Å². The van der Waals surface area contributed by atoms with Gasteiger partial charge in [-0.1, -0.05) is 31.8 Å². The Morgan fingerprint density at radius 2 is 1.76 bits per heavy atom. The lowest BCUT2D eigenvalue weighted by Crippen LogP contribution is -2.52. The summed E-state index contributed by atoms with van der Waals surface area (Å²) in [4.78, 5) is 14.8. The van der Waals surface area contributed by atoms with E-state index in [0.717, 1.165) is 96.9 Å². The van der Waals surface area contributed by atoms with Crippen LogP contribution in [0, 0.1) is 0 Å². The van der Waals surface area contributed by atoms with Crippen molar-refractivity contribution < 1.29 is 23.6 Å². The van der Waals surface area contributed by atoms with Gasteiger partial charge in [-0.05, 0) is 89.4 Å². The summed E-state index contributed by atoms with van der Waals surface area (Å²) in [6.07, 6.45) is 7.05. The summed E-state index contributed by atoms with van der Waals surface area (Å²) in [6.45, 7) is 14.9. The highest BCUT2D eigenvalue weighted by Gasteiger charge is 2.37. The van der Waals surface area contributed by atoms with Crippen LogP contribution in [-0.2, 0) is 20.5 Å². The first-order valence-corrected chi connectivity index (χ1v) is 24.2. The van der Waals surface area contributed by atoms with Gasteiger partial charge in [-0.2, -0.15) is 9.97 Å². The summed E-state index contributed by atoms with van der Waals surface area (Å²) in [7, 11) is 2.98. The molecule has 294 valence electrons. The molecule has 0 unspecified atom stereocenters. The molecule has 6 rings (SSSR count). The van der Waals surface area contributed by atoms with Crippen molar-refractivity contribution >= 4 is 61.6 Å². The van der Waals surface area contributed by atoms with Crippen LogP contribution in [0.15, 0.2) is 54.7 Å². The van der Waals surface area contributed by atoms with Gasteiger partial charge in [0.25, 0.3) is 0 Å². The Morgan fingerprint density at radius 1 is 1.02 bits per heavy atom. The van der Waals surface area contributed by atoms with Crippen molar-refractivity contribution in [3.8, 4) is 5.75 Å². The number of benzene rings is 2. The van der Waals surface area contributed by atoms with Crippen LogP contribution < -0.4 is 25.6 Å². The molecule has 14 heteroatoms. The highest BCUT2D eigenvalue weighted by atomic mass is 31.2. The van der Waals surface area contributed by atoms with Gasteiger partial charge >= 0.3 is 0 Å².